The molecule has 92 valence electrons. The molecule has 0 amide bonds. The molecule has 0 spiro atoms. The fourth-order valence-corrected chi connectivity index (χ4v) is 2.30. The number of hydrogen-bond acceptors (Lipinski definition) is 4. The van der Waals surface area contributed by atoms with Gasteiger partial charge in [0.05, 0.1) is 11.4 Å². The van der Waals surface area contributed by atoms with Crippen molar-refractivity contribution < 1.29 is 12.9 Å². The second-order valence-corrected chi connectivity index (χ2v) is 6.66. The zero-order valence-electron chi connectivity index (χ0n) is 9.45. The van der Waals surface area contributed by atoms with Gasteiger partial charge in [0.25, 0.3) is 0 Å². The van der Waals surface area contributed by atoms with Crippen LogP contribution in [0.2, 0.25) is 0 Å². The Morgan fingerprint density at radius 3 is 2.56 bits per heavy atom. The smallest absolute Gasteiger partial charge is 0.238 e. The first-order valence-corrected chi connectivity index (χ1v) is 6.97. The molecule has 0 aromatic carbocycles. The van der Waals surface area contributed by atoms with Crippen LogP contribution in [0.4, 0.5) is 5.88 Å². The SMILES string of the molecule is CC(C)(C)c1cc(NS(=O)(=O)CCCl)on1. The molecule has 1 aromatic rings. The Hall–Kier alpha value is -0.750. The molecule has 7 heteroatoms. The monoisotopic (exact) mass is 266 g/mol. The van der Waals surface area contributed by atoms with E-state index in [1.807, 2.05) is 20.8 Å². The van der Waals surface area contributed by atoms with E-state index in [1.54, 1.807) is 6.07 Å². The van der Waals surface area contributed by atoms with Crippen LogP contribution in [0.1, 0.15) is 26.5 Å². The Morgan fingerprint density at radius 1 is 1.50 bits per heavy atom. The highest BCUT2D eigenvalue weighted by molar-refractivity contribution is 7.92. The second kappa shape index (κ2) is 4.63. The van der Waals surface area contributed by atoms with Gasteiger partial charge in [0.2, 0.25) is 15.9 Å². The molecule has 0 radical (unpaired) electrons. The highest BCUT2D eigenvalue weighted by Gasteiger charge is 2.20. The number of nitrogens with zero attached hydrogens (tertiary/aromatic N) is 1. The number of rotatable bonds is 4. The largest absolute Gasteiger partial charge is 0.338 e. The summed E-state index contributed by atoms with van der Waals surface area (Å²) < 4.78 is 29.9. The summed E-state index contributed by atoms with van der Waals surface area (Å²) >= 11 is 5.36. The van der Waals surface area contributed by atoms with E-state index in [2.05, 4.69) is 9.88 Å². The first-order valence-electron chi connectivity index (χ1n) is 4.78. The number of halogens is 1. The molecule has 0 atom stereocenters. The van der Waals surface area contributed by atoms with Crippen molar-refractivity contribution in [1.82, 2.24) is 5.16 Å². The molecule has 0 aliphatic heterocycles. The van der Waals surface area contributed by atoms with Gasteiger partial charge in [-0.15, -0.1) is 11.6 Å². The molecule has 1 rings (SSSR count). The Labute approximate surface area is 100 Å². The van der Waals surface area contributed by atoms with E-state index in [1.165, 1.54) is 0 Å². The lowest BCUT2D eigenvalue weighted by Crippen LogP contribution is -2.17. The standard InChI is InChI=1S/C9H15ClN2O3S/c1-9(2,3)7-6-8(15-11-7)12-16(13,14)5-4-10/h6,12H,4-5H2,1-3H3. The van der Waals surface area contributed by atoms with E-state index >= 15 is 0 Å². The van der Waals surface area contributed by atoms with Gasteiger partial charge in [-0.3, -0.25) is 4.72 Å². The van der Waals surface area contributed by atoms with Crippen molar-refractivity contribution in [3.05, 3.63) is 11.8 Å². The molecule has 1 aromatic heterocycles. The third kappa shape index (κ3) is 3.68. The molecule has 0 fully saturated rings. The number of nitrogens with one attached hydrogen (secondary N) is 1. The van der Waals surface area contributed by atoms with Crippen molar-refractivity contribution in [2.45, 2.75) is 26.2 Å². The molecule has 0 saturated carbocycles. The third-order valence-electron chi connectivity index (χ3n) is 1.88. The van der Waals surface area contributed by atoms with Crippen molar-refractivity contribution in [3.8, 4) is 0 Å². The summed E-state index contributed by atoms with van der Waals surface area (Å²) in [6, 6.07) is 1.58. The summed E-state index contributed by atoms with van der Waals surface area (Å²) in [5, 5.41) is 3.80. The summed E-state index contributed by atoms with van der Waals surface area (Å²) in [5.41, 5.74) is 0.510. The minimum Gasteiger partial charge on any atom is -0.338 e. The minimum atomic E-state index is -3.43. The fraction of sp³-hybridized carbons (Fsp3) is 0.667. The van der Waals surface area contributed by atoms with Crippen LogP contribution >= 0.6 is 11.6 Å². The third-order valence-corrected chi connectivity index (χ3v) is 3.55. The summed E-state index contributed by atoms with van der Waals surface area (Å²) in [7, 11) is -3.43. The van der Waals surface area contributed by atoms with E-state index < -0.39 is 10.0 Å². The molecule has 1 N–H and O–H groups in total. The van der Waals surface area contributed by atoms with Gasteiger partial charge in [0.15, 0.2) is 0 Å². The molecule has 0 unspecified atom stereocenters. The number of anilines is 1. The zero-order chi connectivity index (χ0) is 12.4. The first-order chi connectivity index (χ1) is 7.24. The van der Waals surface area contributed by atoms with Gasteiger partial charge in [-0.1, -0.05) is 25.9 Å². The number of sulfonamides is 1. The molecule has 0 aliphatic rings. The van der Waals surface area contributed by atoms with Crippen molar-refractivity contribution in [2.75, 3.05) is 16.4 Å². The van der Waals surface area contributed by atoms with Crippen LogP contribution in [0.25, 0.3) is 0 Å². The highest BCUT2D eigenvalue weighted by atomic mass is 35.5. The Balaban J connectivity index is 2.81. The fourth-order valence-electron chi connectivity index (χ4n) is 0.983. The lowest BCUT2D eigenvalue weighted by molar-refractivity contribution is 0.405. The van der Waals surface area contributed by atoms with Gasteiger partial charge >= 0.3 is 0 Å². The Bertz CT molecular complexity index is 448. The summed E-state index contributed by atoms with van der Waals surface area (Å²) in [4.78, 5) is 0. The maximum absolute atomic E-state index is 11.4. The minimum absolute atomic E-state index is 0.0373. The first kappa shape index (κ1) is 13.3. The summed E-state index contributed by atoms with van der Waals surface area (Å²) in [6.45, 7) is 5.88. The lowest BCUT2D eigenvalue weighted by Gasteiger charge is -2.12. The average Bonchev–Trinajstić information content (AvgIpc) is 2.50. The van der Waals surface area contributed by atoms with E-state index in [0.717, 1.165) is 0 Å². The number of aromatic nitrogens is 1. The summed E-state index contributed by atoms with van der Waals surface area (Å²) in [6.07, 6.45) is 0. The van der Waals surface area contributed by atoms with Gasteiger partial charge in [-0.2, -0.15) is 0 Å². The van der Waals surface area contributed by atoms with Gasteiger partial charge < -0.3 is 4.52 Å². The summed E-state index contributed by atoms with van der Waals surface area (Å²) in [5.74, 6) is 0.00504. The van der Waals surface area contributed by atoms with E-state index in [9.17, 15) is 8.42 Å². The second-order valence-electron chi connectivity index (χ2n) is 4.44. The maximum atomic E-state index is 11.4. The zero-order valence-corrected chi connectivity index (χ0v) is 11.0. The predicted molar refractivity (Wildman–Crippen MR) is 63.3 cm³/mol. The Kier molecular flexibility index (Phi) is 3.85. The molecule has 0 aliphatic carbocycles. The van der Waals surface area contributed by atoms with Crippen molar-refractivity contribution in [2.24, 2.45) is 0 Å². The van der Waals surface area contributed by atoms with E-state index in [4.69, 9.17) is 16.1 Å². The van der Waals surface area contributed by atoms with Crippen LogP contribution in [0, 0.1) is 0 Å². The van der Waals surface area contributed by atoms with Crippen LogP contribution < -0.4 is 4.72 Å². The Morgan fingerprint density at radius 2 is 2.12 bits per heavy atom. The highest BCUT2D eigenvalue weighted by Crippen LogP contribution is 2.24. The maximum Gasteiger partial charge on any atom is 0.238 e. The molecular formula is C9H15ClN2O3S. The topological polar surface area (TPSA) is 72.2 Å². The molecule has 0 bridgehead atoms. The van der Waals surface area contributed by atoms with Crippen LogP contribution in [0.15, 0.2) is 10.6 Å². The normalized spacial score (nSPS) is 12.8. The van der Waals surface area contributed by atoms with Gasteiger partial charge in [0.1, 0.15) is 0 Å². The number of hydrogen-bond donors (Lipinski definition) is 1. The van der Waals surface area contributed by atoms with Gasteiger partial charge in [-0.05, 0) is 0 Å². The van der Waals surface area contributed by atoms with Crippen molar-refractivity contribution >= 4 is 27.5 Å². The molecular weight excluding hydrogens is 252 g/mol. The van der Waals surface area contributed by atoms with Crippen LogP contribution in [-0.4, -0.2) is 25.2 Å². The molecule has 0 saturated heterocycles. The average molecular weight is 267 g/mol. The molecule has 16 heavy (non-hydrogen) atoms. The van der Waals surface area contributed by atoms with E-state index in [0.29, 0.717) is 5.69 Å². The van der Waals surface area contributed by atoms with Crippen molar-refractivity contribution in [1.29, 1.82) is 0 Å². The van der Waals surface area contributed by atoms with Gasteiger partial charge in [-0.25, -0.2) is 8.42 Å². The molecule has 5 nitrogen and oxygen atoms in total. The van der Waals surface area contributed by atoms with Gasteiger partial charge in [0, 0.05) is 17.4 Å². The lowest BCUT2D eigenvalue weighted by atomic mass is 9.92. The van der Waals surface area contributed by atoms with Crippen molar-refractivity contribution in [3.63, 3.8) is 0 Å². The predicted octanol–water partition coefficient (Wildman–Crippen LogP) is 1.95. The quantitative estimate of drug-likeness (QED) is 0.846. The van der Waals surface area contributed by atoms with E-state index in [-0.39, 0.29) is 22.9 Å². The molecule has 1 heterocycles. The number of alkyl halides is 1. The van der Waals surface area contributed by atoms with Crippen LogP contribution in [0.3, 0.4) is 0 Å². The van der Waals surface area contributed by atoms with Crippen LogP contribution in [0.5, 0.6) is 0 Å². The van der Waals surface area contributed by atoms with Crippen LogP contribution in [-0.2, 0) is 15.4 Å².